The summed E-state index contributed by atoms with van der Waals surface area (Å²) in [4.78, 5) is 11.9. The molecule has 0 spiro atoms. The van der Waals surface area contributed by atoms with E-state index in [1.54, 1.807) is 6.07 Å². The number of rotatable bonds is 1. The minimum atomic E-state index is -0.344. The molecule has 106 valence electrons. The van der Waals surface area contributed by atoms with E-state index in [2.05, 4.69) is 11.8 Å². The molecule has 22 heavy (non-hydrogen) atoms. The van der Waals surface area contributed by atoms with Crippen molar-refractivity contribution in [2.75, 3.05) is 7.11 Å². The summed E-state index contributed by atoms with van der Waals surface area (Å²) in [5, 5.41) is 0. The minimum Gasteiger partial charge on any atom is -0.465 e. The average Bonchev–Trinajstić information content (AvgIpc) is 2.74. The summed E-state index contributed by atoms with van der Waals surface area (Å²) in [5.74, 6) is 5.95. The van der Waals surface area contributed by atoms with Gasteiger partial charge in [0, 0.05) is 11.1 Å². The van der Waals surface area contributed by atoms with Gasteiger partial charge in [0.15, 0.2) is 0 Å². The van der Waals surface area contributed by atoms with Crippen LogP contribution in [0.1, 0.15) is 21.5 Å². The van der Waals surface area contributed by atoms with Crippen molar-refractivity contribution < 1.29 is 9.53 Å². The lowest BCUT2D eigenvalue weighted by atomic mass is 10.1. The summed E-state index contributed by atoms with van der Waals surface area (Å²) in [5.41, 5.74) is 4.13. The molecule has 1 aromatic rings. The second-order valence-corrected chi connectivity index (χ2v) is 4.82. The molecule has 0 fully saturated rings. The van der Waals surface area contributed by atoms with Crippen molar-refractivity contribution in [1.29, 1.82) is 0 Å². The minimum absolute atomic E-state index is 0.344. The smallest absolute Gasteiger partial charge is 0.338 e. The molecule has 2 nitrogen and oxygen atoms in total. The largest absolute Gasteiger partial charge is 0.465 e. The fourth-order valence-corrected chi connectivity index (χ4v) is 2.36. The van der Waals surface area contributed by atoms with E-state index in [1.807, 2.05) is 60.7 Å². The van der Waals surface area contributed by atoms with E-state index in [9.17, 15) is 4.79 Å². The molecule has 0 radical (unpaired) electrons. The number of ether oxygens (including phenoxy) is 1. The van der Waals surface area contributed by atoms with Gasteiger partial charge in [0.1, 0.15) is 0 Å². The normalized spacial score (nSPS) is 9.86. The monoisotopic (exact) mass is 286 g/mol. The van der Waals surface area contributed by atoms with E-state index in [-0.39, 0.29) is 5.97 Å². The van der Waals surface area contributed by atoms with Gasteiger partial charge in [0.25, 0.3) is 0 Å². The lowest BCUT2D eigenvalue weighted by Crippen LogP contribution is -1.99. The first-order valence-corrected chi connectivity index (χ1v) is 6.97. The first-order valence-electron chi connectivity index (χ1n) is 6.97. The van der Waals surface area contributed by atoms with Crippen molar-refractivity contribution in [1.82, 2.24) is 0 Å². The Labute approximate surface area is 129 Å². The van der Waals surface area contributed by atoms with Gasteiger partial charge in [0.2, 0.25) is 0 Å². The molecule has 2 heteroatoms. The Morgan fingerprint density at radius 1 is 0.864 bits per heavy atom. The van der Waals surface area contributed by atoms with Crippen molar-refractivity contribution in [2.24, 2.45) is 0 Å². The van der Waals surface area contributed by atoms with Crippen molar-refractivity contribution in [3.8, 4) is 23.0 Å². The molecular formula is C20H14O2. The Kier molecular flexibility index (Phi) is 3.89. The highest BCUT2D eigenvalue weighted by Gasteiger charge is 2.19. The van der Waals surface area contributed by atoms with Crippen LogP contribution < -0.4 is 0 Å². The molecule has 0 saturated carbocycles. The highest BCUT2D eigenvalue weighted by Crippen LogP contribution is 2.31. The lowest BCUT2D eigenvalue weighted by molar-refractivity contribution is 0.0602. The Morgan fingerprint density at radius 2 is 1.50 bits per heavy atom. The molecule has 0 bridgehead atoms. The molecule has 0 atom stereocenters. The maximum atomic E-state index is 11.9. The van der Waals surface area contributed by atoms with Gasteiger partial charge in [-0.3, -0.25) is 0 Å². The van der Waals surface area contributed by atoms with Crippen LogP contribution in [0.4, 0.5) is 0 Å². The topological polar surface area (TPSA) is 26.3 Å². The second-order valence-electron chi connectivity index (χ2n) is 4.82. The first-order chi connectivity index (χ1) is 10.8. The summed E-state index contributed by atoms with van der Waals surface area (Å²) in [7, 11) is 1.39. The average molecular weight is 286 g/mol. The number of esters is 1. The number of fused-ring (bicyclic) bond motifs is 1. The predicted octanol–water partition coefficient (Wildman–Crippen LogP) is 3.98. The molecule has 2 aliphatic rings. The van der Waals surface area contributed by atoms with Crippen LogP contribution in [-0.2, 0) is 4.74 Å². The second kappa shape index (κ2) is 6.15. The van der Waals surface area contributed by atoms with Gasteiger partial charge in [-0.15, -0.1) is 0 Å². The van der Waals surface area contributed by atoms with Gasteiger partial charge in [-0.2, -0.15) is 0 Å². The van der Waals surface area contributed by atoms with Crippen LogP contribution in [0, 0.1) is 11.8 Å². The zero-order valence-corrected chi connectivity index (χ0v) is 12.2. The van der Waals surface area contributed by atoms with Crippen LogP contribution in [0.2, 0.25) is 0 Å². The number of carbonyl (C=O) groups excluding carboxylic acids is 1. The maximum absolute atomic E-state index is 11.9. The number of hydrogen-bond acceptors (Lipinski definition) is 2. The van der Waals surface area contributed by atoms with E-state index in [1.165, 1.54) is 7.11 Å². The Balaban J connectivity index is 2.12. The molecule has 0 N–H and O–H groups in total. The van der Waals surface area contributed by atoms with Gasteiger partial charge in [-0.1, -0.05) is 60.4 Å². The molecule has 0 unspecified atom stereocenters. The molecule has 0 heterocycles. The van der Waals surface area contributed by atoms with Crippen molar-refractivity contribution >= 4 is 5.97 Å². The third-order valence-corrected chi connectivity index (χ3v) is 3.43. The number of benzene rings is 1. The van der Waals surface area contributed by atoms with Gasteiger partial charge < -0.3 is 4.74 Å². The van der Waals surface area contributed by atoms with Crippen LogP contribution in [0.5, 0.6) is 0 Å². The van der Waals surface area contributed by atoms with E-state index in [0.717, 1.165) is 22.3 Å². The molecule has 0 saturated heterocycles. The van der Waals surface area contributed by atoms with Crippen LogP contribution in [-0.4, -0.2) is 13.1 Å². The first kappa shape index (κ1) is 13.9. The van der Waals surface area contributed by atoms with Gasteiger partial charge in [-0.05, 0) is 29.3 Å². The van der Waals surface area contributed by atoms with Crippen LogP contribution in [0.25, 0.3) is 11.1 Å². The van der Waals surface area contributed by atoms with Crippen molar-refractivity contribution in [2.45, 2.75) is 0 Å². The van der Waals surface area contributed by atoms with E-state index >= 15 is 0 Å². The zero-order chi connectivity index (χ0) is 15.4. The maximum Gasteiger partial charge on any atom is 0.338 e. The molecule has 2 aliphatic carbocycles. The quantitative estimate of drug-likeness (QED) is 0.499. The summed E-state index contributed by atoms with van der Waals surface area (Å²) < 4.78 is 4.86. The van der Waals surface area contributed by atoms with Crippen LogP contribution in [0.15, 0.2) is 66.7 Å². The van der Waals surface area contributed by atoms with E-state index in [0.29, 0.717) is 5.56 Å². The number of hydrogen-bond donors (Lipinski definition) is 0. The lowest BCUT2D eigenvalue weighted by Gasteiger charge is -1.98. The summed E-state index contributed by atoms with van der Waals surface area (Å²) in [6.45, 7) is 0. The van der Waals surface area contributed by atoms with Crippen LogP contribution in [0.3, 0.4) is 0 Å². The van der Waals surface area contributed by atoms with E-state index < -0.39 is 0 Å². The predicted molar refractivity (Wildman–Crippen MR) is 86.8 cm³/mol. The molecule has 1 aromatic carbocycles. The fourth-order valence-electron chi connectivity index (χ4n) is 2.36. The SMILES string of the molecule is COC(=O)c1cc(C#Cc2ccccc2)c2cccccc1-2. The summed E-state index contributed by atoms with van der Waals surface area (Å²) in [6.07, 6.45) is 0. The van der Waals surface area contributed by atoms with Gasteiger partial charge in [0.05, 0.1) is 12.7 Å². The summed E-state index contributed by atoms with van der Waals surface area (Å²) in [6, 6.07) is 21.2. The third-order valence-electron chi connectivity index (χ3n) is 3.43. The van der Waals surface area contributed by atoms with E-state index in [4.69, 9.17) is 4.74 Å². The summed E-state index contributed by atoms with van der Waals surface area (Å²) >= 11 is 0. The molecule has 3 rings (SSSR count). The zero-order valence-electron chi connectivity index (χ0n) is 12.2. The Hall–Kier alpha value is -3.05. The number of methoxy groups -OCH3 is 1. The highest BCUT2D eigenvalue weighted by molar-refractivity contribution is 6.00. The fraction of sp³-hybridized carbons (Fsp3) is 0.0500. The van der Waals surface area contributed by atoms with Crippen molar-refractivity contribution in [3.63, 3.8) is 0 Å². The highest BCUT2D eigenvalue weighted by atomic mass is 16.5. The molecule has 0 aromatic heterocycles. The molecular weight excluding hydrogens is 272 g/mol. The molecule has 0 amide bonds. The van der Waals surface area contributed by atoms with Crippen molar-refractivity contribution in [3.05, 3.63) is 83.4 Å². The third kappa shape index (κ3) is 2.70. The Morgan fingerprint density at radius 3 is 2.18 bits per heavy atom. The standard InChI is InChI=1S/C20H14O2/c1-22-20(21)19-14-16(13-12-15-8-4-2-5-9-15)17-10-6-3-7-11-18(17)19/h2-11,14H,1H3. The molecule has 0 aliphatic heterocycles. The van der Waals surface area contributed by atoms with Crippen LogP contribution >= 0.6 is 0 Å². The Bertz CT molecular complexity index is 838. The number of carbonyl (C=O) groups is 1. The van der Waals surface area contributed by atoms with Gasteiger partial charge >= 0.3 is 5.97 Å². The van der Waals surface area contributed by atoms with Gasteiger partial charge in [-0.25, -0.2) is 4.79 Å².